The van der Waals surface area contributed by atoms with Crippen LogP contribution in [0.4, 0.5) is 0 Å². The number of aliphatic hydroxyl groups excluding tert-OH is 3. The minimum absolute atomic E-state index is 0.0613. The smallest absolute Gasteiger partial charge is 0.305 e. The summed E-state index contributed by atoms with van der Waals surface area (Å²) in [4.78, 5) is 72.4. The zero-order valence-corrected chi connectivity index (χ0v) is 62.2. The van der Waals surface area contributed by atoms with Crippen molar-refractivity contribution in [1.82, 2.24) is 31.9 Å². The van der Waals surface area contributed by atoms with Crippen LogP contribution in [0.1, 0.15) is 170 Å². The van der Waals surface area contributed by atoms with Crippen molar-refractivity contribution >= 4 is 35.6 Å². The molecule has 6 aromatic rings. The lowest BCUT2D eigenvalue weighted by Crippen LogP contribution is -2.51. The van der Waals surface area contributed by atoms with Gasteiger partial charge in [0.05, 0.1) is 95.2 Å². The number of aliphatic hydroxyl groups is 3. The summed E-state index contributed by atoms with van der Waals surface area (Å²) < 4.78 is 15.1. The second-order valence-corrected chi connectivity index (χ2v) is 26.5. The lowest BCUT2D eigenvalue weighted by molar-refractivity contribution is -0.140. The van der Waals surface area contributed by atoms with Gasteiger partial charge in [0.15, 0.2) is 34.5 Å². The second-order valence-electron chi connectivity index (χ2n) is 26.5. The molecule has 0 aliphatic carbocycles. The molecule has 0 fully saturated rings. The van der Waals surface area contributed by atoms with Crippen molar-refractivity contribution in [3.63, 3.8) is 0 Å². The fourth-order valence-electron chi connectivity index (χ4n) is 12.2. The van der Waals surface area contributed by atoms with Gasteiger partial charge in [-0.25, -0.2) is 0 Å². The van der Waals surface area contributed by atoms with Gasteiger partial charge in [-0.15, -0.1) is 0 Å². The van der Waals surface area contributed by atoms with Crippen LogP contribution in [0.15, 0.2) is 146 Å². The van der Waals surface area contributed by atoms with Crippen molar-refractivity contribution in [2.24, 2.45) is 0 Å². The standard InChI is InChI=1S/3C27H38N2O6/c3*1-4-20(21-10-6-5-7-11-21)16-23(30)18(2)29-27(34)22(17-26(32)33)28-14-8-9-19-12-13-25(35-3)24(31)15-19/h3*5-7,10-13,15,18,20,22-23,28,30-31H,4,8-9,14,16-17H2,1-3H3,(H,29,34)(H,32,33)/t18-,20-,22+,23+;18-,20-,22+,23-;18-,20-,22-,23+/m110/s1. The molecule has 0 heterocycles. The van der Waals surface area contributed by atoms with Crippen molar-refractivity contribution < 1.29 is 88.9 Å². The molecule has 0 saturated heterocycles. The fourth-order valence-corrected chi connectivity index (χ4v) is 12.2. The van der Waals surface area contributed by atoms with E-state index in [1.54, 1.807) is 57.2 Å². The highest BCUT2D eigenvalue weighted by molar-refractivity contribution is 5.87. The quantitative estimate of drug-likeness (QED) is 0.0158. The van der Waals surface area contributed by atoms with Gasteiger partial charge in [-0.1, -0.05) is 130 Å². The summed E-state index contributed by atoms with van der Waals surface area (Å²) in [7, 11) is 4.45. The Labute approximate surface area is 618 Å². The summed E-state index contributed by atoms with van der Waals surface area (Å²) >= 11 is 0. The third-order valence-electron chi connectivity index (χ3n) is 18.6. The van der Waals surface area contributed by atoms with E-state index in [1.165, 1.54) is 21.3 Å². The van der Waals surface area contributed by atoms with E-state index < -0.39 is 90.2 Å². The van der Waals surface area contributed by atoms with Crippen LogP contribution in [-0.4, -0.2) is 177 Å². The summed E-state index contributed by atoms with van der Waals surface area (Å²) in [5.74, 6) is -2.73. The molecule has 0 spiro atoms. The van der Waals surface area contributed by atoms with E-state index in [0.29, 0.717) is 94.7 Å². The summed E-state index contributed by atoms with van der Waals surface area (Å²) in [5, 5.41) is 107. The van der Waals surface area contributed by atoms with Crippen LogP contribution in [0.3, 0.4) is 0 Å². The molecule has 0 aliphatic rings. The third kappa shape index (κ3) is 32.3. The van der Waals surface area contributed by atoms with E-state index >= 15 is 0 Å². The Morgan fingerprint density at radius 1 is 0.371 bits per heavy atom. The zero-order valence-electron chi connectivity index (χ0n) is 62.2. The second kappa shape index (κ2) is 47.9. The number of benzene rings is 6. The average Bonchev–Trinajstić information content (AvgIpc) is 0.912. The first kappa shape index (κ1) is 88.1. The predicted octanol–water partition coefficient (Wildman–Crippen LogP) is 9.65. The molecule has 15 N–H and O–H groups in total. The number of amides is 3. The molecular formula is C81H114N6O18. The van der Waals surface area contributed by atoms with Crippen molar-refractivity contribution in [2.45, 2.75) is 210 Å². The van der Waals surface area contributed by atoms with Gasteiger partial charge in [0.2, 0.25) is 17.7 Å². The van der Waals surface area contributed by atoms with Crippen LogP contribution in [0, 0.1) is 0 Å². The van der Waals surface area contributed by atoms with Crippen molar-refractivity contribution in [3.8, 4) is 34.5 Å². The number of rotatable bonds is 45. The molecule has 576 valence electrons. The number of carbonyl (C=O) groups is 6. The number of phenols is 3. The maximum atomic E-state index is 12.8. The molecule has 0 aliphatic heterocycles. The Morgan fingerprint density at radius 2 is 0.610 bits per heavy atom. The SMILES string of the molecule is CC[C@@H](C[C@@H](O)[C@H](C)NC(=O)[C@H](CC(=O)O)NCCCc1ccc(OC)c(O)c1)c1ccccc1.CC[C@H](C[C@@H](O)[C@@H](C)NC(=O)[C@H](CC(=O)O)NCCCc1ccc(OC)c(O)c1)c1ccccc1.CC[C@H](C[C@H](O)[C@@H](C)NC(=O)[C@H](CC(=O)O)NCCCc1ccc(OC)c(O)c1)c1ccccc1. The number of carboxylic acid groups (broad SMARTS) is 3. The van der Waals surface area contributed by atoms with Crippen LogP contribution in [-0.2, 0) is 48.0 Å². The number of carboxylic acids is 3. The number of aliphatic carboxylic acids is 3. The molecule has 6 rings (SSSR count). The number of aryl methyl sites for hydroxylation is 3. The number of aromatic hydroxyl groups is 3. The molecule has 3 amide bonds. The minimum Gasteiger partial charge on any atom is -0.504 e. The number of carbonyl (C=O) groups excluding carboxylic acids is 3. The molecule has 24 nitrogen and oxygen atoms in total. The Hall–Kier alpha value is -9.30. The number of nitrogens with one attached hydrogen (secondary N) is 6. The van der Waals surface area contributed by atoms with Crippen LogP contribution >= 0.6 is 0 Å². The van der Waals surface area contributed by atoms with Gasteiger partial charge in [-0.3, -0.25) is 28.8 Å². The van der Waals surface area contributed by atoms with Gasteiger partial charge < -0.3 is 92.1 Å². The first-order valence-electron chi connectivity index (χ1n) is 36.3. The number of ether oxygens (including phenoxy) is 3. The number of phenolic OH excluding ortho intramolecular Hbond substituents is 3. The highest BCUT2D eigenvalue weighted by Gasteiger charge is 2.30. The Bertz CT molecular complexity index is 3170. The van der Waals surface area contributed by atoms with E-state index in [2.05, 4.69) is 52.7 Å². The number of methoxy groups -OCH3 is 3. The summed E-state index contributed by atoms with van der Waals surface area (Å²) in [6, 6.07) is 41.0. The molecule has 0 aromatic heterocycles. The molecule has 24 heteroatoms. The summed E-state index contributed by atoms with van der Waals surface area (Å²) in [6.07, 6.45) is 4.51. The molecule has 6 aromatic carbocycles. The van der Waals surface area contributed by atoms with Crippen LogP contribution in [0.25, 0.3) is 0 Å². The highest BCUT2D eigenvalue weighted by Crippen LogP contribution is 2.31. The first-order chi connectivity index (χ1) is 50.2. The van der Waals surface area contributed by atoms with Gasteiger partial charge >= 0.3 is 17.9 Å². The zero-order chi connectivity index (χ0) is 77.4. The van der Waals surface area contributed by atoms with Gasteiger partial charge in [-0.05, 0) is 205 Å². The maximum Gasteiger partial charge on any atom is 0.305 e. The topological polar surface area (TPSA) is 384 Å². The summed E-state index contributed by atoms with van der Waals surface area (Å²) in [6.45, 7) is 12.6. The monoisotopic (exact) mass is 1460 g/mol. The third-order valence-corrected chi connectivity index (χ3v) is 18.6. The van der Waals surface area contributed by atoms with Gasteiger partial charge in [0.25, 0.3) is 0 Å². The van der Waals surface area contributed by atoms with Crippen LogP contribution < -0.4 is 46.1 Å². The normalized spacial score (nSPS) is 14.5. The van der Waals surface area contributed by atoms with Crippen molar-refractivity contribution in [3.05, 3.63) is 179 Å². The van der Waals surface area contributed by atoms with Gasteiger partial charge in [0.1, 0.15) is 0 Å². The van der Waals surface area contributed by atoms with Crippen LogP contribution in [0.5, 0.6) is 34.5 Å². The Morgan fingerprint density at radius 3 is 0.810 bits per heavy atom. The lowest BCUT2D eigenvalue weighted by atomic mass is 9.89. The number of hydrogen-bond acceptors (Lipinski definition) is 18. The molecule has 0 radical (unpaired) electrons. The minimum atomic E-state index is -1.08. The van der Waals surface area contributed by atoms with E-state index in [1.807, 2.05) is 109 Å². The molecule has 0 bridgehead atoms. The van der Waals surface area contributed by atoms with Gasteiger partial charge in [0, 0.05) is 0 Å². The van der Waals surface area contributed by atoms with E-state index in [0.717, 1.165) is 52.6 Å². The highest BCUT2D eigenvalue weighted by atomic mass is 16.5. The van der Waals surface area contributed by atoms with Crippen LogP contribution in [0.2, 0.25) is 0 Å². The number of hydrogen-bond donors (Lipinski definition) is 15. The van der Waals surface area contributed by atoms with Crippen molar-refractivity contribution in [1.29, 1.82) is 0 Å². The van der Waals surface area contributed by atoms with Gasteiger partial charge in [-0.2, -0.15) is 0 Å². The van der Waals surface area contributed by atoms with E-state index in [9.17, 15) is 74.7 Å². The molecule has 105 heavy (non-hydrogen) atoms. The maximum absolute atomic E-state index is 12.8. The summed E-state index contributed by atoms with van der Waals surface area (Å²) in [5.41, 5.74) is 6.15. The Kier molecular flexibility index (Phi) is 40.2. The largest absolute Gasteiger partial charge is 0.504 e. The van der Waals surface area contributed by atoms with Crippen molar-refractivity contribution in [2.75, 3.05) is 41.0 Å². The molecule has 12 atom stereocenters. The Balaban J connectivity index is 0.000000333. The average molecular weight is 1460 g/mol. The fraction of sp³-hybridized carbons (Fsp3) is 0.481. The molecule has 0 unspecified atom stereocenters. The first-order valence-corrected chi connectivity index (χ1v) is 36.3. The lowest BCUT2D eigenvalue weighted by Gasteiger charge is -2.26. The molecular weight excluding hydrogens is 1340 g/mol. The predicted molar refractivity (Wildman–Crippen MR) is 404 cm³/mol. The van der Waals surface area contributed by atoms with E-state index in [-0.39, 0.29) is 54.3 Å². The molecule has 0 saturated carbocycles. The van der Waals surface area contributed by atoms with E-state index in [4.69, 9.17) is 14.2 Å².